The molecule has 1 heterocycles. The smallest absolute Gasteiger partial charge is 0.130 e. The first-order valence-electron chi connectivity index (χ1n) is 5.71. The van der Waals surface area contributed by atoms with Crippen molar-refractivity contribution in [3.63, 3.8) is 0 Å². The number of likely N-dealkylation sites (N-methyl/N-ethyl adjacent to an activating group) is 1. The highest BCUT2D eigenvalue weighted by atomic mass is 15.1. The maximum Gasteiger partial charge on any atom is 0.130 e. The molecule has 1 unspecified atom stereocenters. The molecule has 1 aromatic heterocycles. The summed E-state index contributed by atoms with van der Waals surface area (Å²) in [5, 5.41) is 0. The van der Waals surface area contributed by atoms with Gasteiger partial charge >= 0.3 is 0 Å². The minimum Gasteiger partial charge on any atom is -0.328 e. The van der Waals surface area contributed by atoms with Gasteiger partial charge in [-0.25, -0.2) is 9.97 Å². The van der Waals surface area contributed by atoms with E-state index in [0.717, 1.165) is 36.6 Å². The molecule has 16 heavy (non-hydrogen) atoms. The van der Waals surface area contributed by atoms with E-state index < -0.39 is 0 Å². The molecule has 4 nitrogen and oxygen atoms in total. The maximum absolute atomic E-state index is 5.78. The van der Waals surface area contributed by atoms with Gasteiger partial charge in [0.15, 0.2) is 0 Å². The lowest BCUT2D eigenvalue weighted by molar-refractivity contribution is 0.409. The summed E-state index contributed by atoms with van der Waals surface area (Å²) >= 11 is 0. The Morgan fingerprint density at radius 3 is 2.62 bits per heavy atom. The van der Waals surface area contributed by atoms with E-state index >= 15 is 0 Å². The van der Waals surface area contributed by atoms with Gasteiger partial charge in [-0.15, -0.1) is 0 Å². The summed E-state index contributed by atoms with van der Waals surface area (Å²) in [6, 6.07) is 2.17. The van der Waals surface area contributed by atoms with Gasteiger partial charge in [0.25, 0.3) is 0 Å². The summed E-state index contributed by atoms with van der Waals surface area (Å²) in [5.74, 6) is 0.921. The minimum absolute atomic E-state index is 0.149. The van der Waals surface area contributed by atoms with Crippen LogP contribution in [0.15, 0.2) is 6.07 Å². The Kier molecular flexibility index (Phi) is 4.83. The van der Waals surface area contributed by atoms with Crippen molar-refractivity contribution >= 4 is 0 Å². The van der Waals surface area contributed by atoms with Crippen LogP contribution in [0, 0.1) is 6.92 Å². The van der Waals surface area contributed by atoms with Crippen molar-refractivity contribution in [3.05, 3.63) is 23.3 Å². The Morgan fingerprint density at radius 2 is 2.06 bits per heavy atom. The van der Waals surface area contributed by atoms with Crippen molar-refractivity contribution in [1.29, 1.82) is 0 Å². The Labute approximate surface area is 97.9 Å². The fourth-order valence-electron chi connectivity index (χ4n) is 1.57. The first-order valence-corrected chi connectivity index (χ1v) is 5.71. The van der Waals surface area contributed by atoms with Crippen LogP contribution in [0.25, 0.3) is 0 Å². The van der Waals surface area contributed by atoms with Gasteiger partial charge in [0.2, 0.25) is 0 Å². The number of hydrogen-bond donors (Lipinski definition) is 1. The molecular weight excluding hydrogens is 200 g/mol. The van der Waals surface area contributed by atoms with Crippen LogP contribution in [0.3, 0.4) is 0 Å². The highest BCUT2D eigenvalue weighted by molar-refractivity contribution is 5.11. The van der Waals surface area contributed by atoms with E-state index in [1.54, 1.807) is 0 Å². The number of nitrogens with zero attached hydrogens (tertiary/aromatic N) is 3. The standard InChI is InChI=1S/C12H22N4/c1-9(13)7-11-8-10(2)14-12(15-11)5-6-16(3)4/h8-9H,5-7,13H2,1-4H3. The lowest BCUT2D eigenvalue weighted by atomic mass is 10.1. The van der Waals surface area contributed by atoms with Gasteiger partial charge in [-0.05, 0) is 34.0 Å². The Balaban J connectivity index is 2.73. The minimum atomic E-state index is 0.149. The van der Waals surface area contributed by atoms with Crippen LogP contribution in [-0.2, 0) is 12.8 Å². The molecule has 0 saturated heterocycles. The van der Waals surface area contributed by atoms with Crippen LogP contribution in [0.1, 0.15) is 24.1 Å². The van der Waals surface area contributed by atoms with E-state index in [-0.39, 0.29) is 6.04 Å². The van der Waals surface area contributed by atoms with E-state index in [9.17, 15) is 0 Å². The first kappa shape index (κ1) is 13.1. The zero-order valence-corrected chi connectivity index (χ0v) is 10.7. The van der Waals surface area contributed by atoms with Gasteiger partial charge in [0.05, 0.1) is 0 Å². The molecule has 1 rings (SSSR count). The normalized spacial score (nSPS) is 13.1. The Morgan fingerprint density at radius 1 is 1.38 bits per heavy atom. The summed E-state index contributed by atoms with van der Waals surface area (Å²) in [7, 11) is 4.11. The van der Waals surface area contributed by atoms with E-state index in [0.29, 0.717) is 0 Å². The molecule has 2 N–H and O–H groups in total. The van der Waals surface area contributed by atoms with Gasteiger partial charge in [-0.3, -0.25) is 0 Å². The third-order valence-corrected chi connectivity index (χ3v) is 2.27. The number of aryl methyl sites for hydroxylation is 1. The van der Waals surface area contributed by atoms with Crippen molar-refractivity contribution in [2.75, 3.05) is 20.6 Å². The van der Waals surface area contributed by atoms with E-state index in [1.807, 2.05) is 19.9 Å². The molecule has 0 bridgehead atoms. The van der Waals surface area contributed by atoms with Crippen molar-refractivity contribution in [1.82, 2.24) is 14.9 Å². The van der Waals surface area contributed by atoms with E-state index in [4.69, 9.17) is 5.73 Å². The van der Waals surface area contributed by atoms with Crippen LogP contribution in [-0.4, -0.2) is 41.5 Å². The molecule has 0 spiro atoms. The fourth-order valence-corrected chi connectivity index (χ4v) is 1.57. The lowest BCUT2D eigenvalue weighted by Gasteiger charge is -2.10. The van der Waals surface area contributed by atoms with Gasteiger partial charge in [-0.1, -0.05) is 0 Å². The van der Waals surface area contributed by atoms with Gasteiger partial charge in [0.1, 0.15) is 5.82 Å². The lowest BCUT2D eigenvalue weighted by Crippen LogP contribution is -2.20. The average molecular weight is 222 g/mol. The molecule has 90 valence electrons. The molecule has 4 heteroatoms. The Hall–Kier alpha value is -1.00. The molecule has 0 aliphatic carbocycles. The molecule has 1 atom stereocenters. The van der Waals surface area contributed by atoms with Gasteiger partial charge < -0.3 is 10.6 Å². The van der Waals surface area contributed by atoms with Crippen LogP contribution in [0.4, 0.5) is 0 Å². The van der Waals surface area contributed by atoms with Gasteiger partial charge in [-0.2, -0.15) is 0 Å². The second-order valence-electron chi connectivity index (χ2n) is 4.65. The topological polar surface area (TPSA) is 55.0 Å². The summed E-state index contributed by atoms with van der Waals surface area (Å²) in [6.45, 7) is 4.98. The fraction of sp³-hybridized carbons (Fsp3) is 0.667. The number of aromatic nitrogens is 2. The number of rotatable bonds is 5. The predicted molar refractivity (Wildman–Crippen MR) is 66.4 cm³/mol. The zero-order valence-electron chi connectivity index (χ0n) is 10.7. The summed E-state index contributed by atoms with van der Waals surface area (Å²) in [4.78, 5) is 11.1. The van der Waals surface area contributed by atoms with Crippen molar-refractivity contribution < 1.29 is 0 Å². The molecule has 0 amide bonds. The summed E-state index contributed by atoms with van der Waals surface area (Å²) in [5.41, 5.74) is 7.86. The SMILES string of the molecule is Cc1cc(CC(C)N)nc(CCN(C)C)n1. The summed E-state index contributed by atoms with van der Waals surface area (Å²) in [6.07, 6.45) is 1.71. The monoisotopic (exact) mass is 222 g/mol. The first-order chi connectivity index (χ1) is 7.47. The molecule has 1 aromatic rings. The van der Waals surface area contributed by atoms with Crippen LogP contribution in [0.2, 0.25) is 0 Å². The molecule has 0 radical (unpaired) electrons. The van der Waals surface area contributed by atoms with Crippen LogP contribution < -0.4 is 5.73 Å². The quantitative estimate of drug-likeness (QED) is 0.800. The van der Waals surface area contributed by atoms with Crippen molar-refractivity contribution in [2.45, 2.75) is 32.7 Å². The second-order valence-corrected chi connectivity index (χ2v) is 4.65. The van der Waals surface area contributed by atoms with Crippen LogP contribution >= 0.6 is 0 Å². The number of nitrogens with two attached hydrogens (primary N) is 1. The highest BCUT2D eigenvalue weighted by Gasteiger charge is 2.05. The Bertz CT molecular complexity index is 334. The molecule has 0 aliphatic heterocycles. The van der Waals surface area contributed by atoms with Crippen LogP contribution in [0.5, 0.6) is 0 Å². The third-order valence-electron chi connectivity index (χ3n) is 2.27. The third kappa shape index (κ3) is 4.68. The highest BCUT2D eigenvalue weighted by Crippen LogP contribution is 2.04. The number of hydrogen-bond acceptors (Lipinski definition) is 4. The van der Waals surface area contributed by atoms with E-state index in [1.165, 1.54) is 0 Å². The molecular formula is C12H22N4. The largest absolute Gasteiger partial charge is 0.328 e. The summed E-state index contributed by atoms with van der Waals surface area (Å²) < 4.78 is 0. The maximum atomic E-state index is 5.78. The average Bonchev–Trinajstić information content (AvgIpc) is 2.12. The molecule has 0 fully saturated rings. The van der Waals surface area contributed by atoms with Gasteiger partial charge in [0, 0.05) is 36.8 Å². The van der Waals surface area contributed by atoms with Crippen molar-refractivity contribution in [2.24, 2.45) is 5.73 Å². The van der Waals surface area contributed by atoms with E-state index in [2.05, 4.69) is 29.0 Å². The second kappa shape index (κ2) is 5.92. The molecule has 0 aromatic carbocycles. The molecule has 0 aliphatic rings. The zero-order chi connectivity index (χ0) is 12.1. The van der Waals surface area contributed by atoms with Crippen molar-refractivity contribution in [3.8, 4) is 0 Å². The molecule has 0 saturated carbocycles. The predicted octanol–water partition coefficient (Wildman–Crippen LogP) is 0.779.